The summed E-state index contributed by atoms with van der Waals surface area (Å²) in [5.41, 5.74) is -0.336. The number of nitrogens with zero attached hydrogens (tertiary/aromatic N) is 3. The van der Waals surface area contributed by atoms with E-state index in [4.69, 9.17) is 4.74 Å². The first kappa shape index (κ1) is 26.3. The Morgan fingerprint density at radius 2 is 1.79 bits per heavy atom. The van der Waals surface area contributed by atoms with Gasteiger partial charge < -0.3 is 9.30 Å². The van der Waals surface area contributed by atoms with E-state index in [1.807, 2.05) is 0 Å². The summed E-state index contributed by atoms with van der Waals surface area (Å²) in [6.07, 6.45) is -4.47. The van der Waals surface area contributed by atoms with Gasteiger partial charge in [0, 0.05) is 36.1 Å². The Kier molecular flexibility index (Phi) is 7.91. The molecule has 1 aromatic carbocycles. The van der Waals surface area contributed by atoms with Crippen molar-refractivity contribution in [1.82, 2.24) is 8.87 Å². The van der Waals surface area contributed by atoms with Crippen molar-refractivity contribution < 1.29 is 36.0 Å². The fourth-order valence-corrected chi connectivity index (χ4v) is 4.84. The maximum absolute atomic E-state index is 12.8. The van der Waals surface area contributed by atoms with Gasteiger partial charge >= 0.3 is 11.9 Å². The van der Waals surface area contributed by atoms with E-state index in [0.29, 0.717) is 0 Å². The Morgan fingerprint density at radius 3 is 2.30 bits per heavy atom. The number of hydrogen-bond donors (Lipinski definition) is 0. The van der Waals surface area contributed by atoms with Crippen LogP contribution in [0.5, 0.6) is 5.75 Å². The molecule has 0 aliphatic heterocycles. The van der Waals surface area contributed by atoms with Crippen molar-refractivity contribution in [3.8, 4) is 5.75 Å². The Bertz CT molecular complexity index is 1150. The van der Waals surface area contributed by atoms with Gasteiger partial charge in [0.15, 0.2) is 12.4 Å². The summed E-state index contributed by atoms with van der Waals surface area (Å²) < 4.78 is 70.9. The van der Waals surface area contributed by atoms with E-state index in [1.54, 1.807) is 13.8 Å². The van der Waals surface area contributed by atoms with E-state index in [1.165, 1.54) is 19.9 Å². The highest BCUT2D eigenvalue weighted by molar-refractivity contribution is 7.89. The van der Waals surface area contributed by atoms with E-state index in [-0.39, 0.29) is 40.7 Å². The lowest BCUT2D eigenvalue weighted by Gasteiger charge is -2.18. The fraction of sp³-hybridized carbons (Fsp3) is 0.450. The Hall–Kier alpha value is -2.93. The third kappa shape index (κ3) is 5.90. The average molecular weight is 491 g/mol. The normalized spacial score (nSPS) is 12.2. The zero-order chi connectivity index (χ0) is 25.1. The molecule has 182 valence electrons. The number of ketones is 1. The van der Waals surface area contributed by atoms with Crippen LogP contribution in [0, 0.1) is 24.0 Å². The predicted octanol–water partition coefficient (Wildman–Crippen LogP) is 3.87. The third-order valence-corrected chi connectivity index (χ3v) is 7.09. The summed E-state index contributed by atoms with van der Waals surface area (Å²) in [4.78, 5) is 22.9. The molecule has 0 aliphatic carbocycles. The molecule has 0 aliphatic rings. The SMILES string of the molecule is CCN(CC)S(=O)(=O)c1ccc(OCC(=O)c2cc(C)n(CC(F)(F)F)c2C)c([N+](=O)[O-])c1. The number of alkyl halides is 3. The van der Waals surface area contributed by atoms with Crippen molar-refractivity contribution >= 4 is 21.5 Å². The standard InChI is InChI=1S/C20H24F3N3O6S/c1-5-24(6-2)33(30,31)15-7-8-19(17(10-15)26(28)29)32-11-18(27)16-9-13(3)25(14(16)4)12-20(21,22)23/h7-10H,5-6,11-12H2,1-4H3. The highest BCUT2D eigenvalue weighted by Gasteiger charge is 2.31. The maximum atomic E-state index is 12.8. The Labute approximate surface area is 189 Å². The summed E-state index contributed by atoms with van der Waals surface area (Å²) in [6.45, 7) is 4.45. The van der Waals surface area contributed by atoms with Gasteiger partial charge in [0.1, 0.15) is 6.54 Å². The van der Waals surface area contributed by atoms with Crippen molar-refractivity contribution in [3.63, 3.8) is 0 Å². The van der Waals surface area contributed by atoms with Gasteiger partial charge in [-0.1, -0.05) is 13.8 Å². The number of Topliss-reactive ketones (excluding diaryl/α,β-unsaturated/α-hetero) is 1. The van der Waals surface area contributed by atoms with E-state index >= 15 is 0 Å². The average Bonchev–Trinajstić information content (AvgIpc) is 2.99. The third-order valence-electron chi connectivity index (χ3n) is 5.04. The molecule has 0 spiro atoms. The second kappa shape index (κ2) is 9.91. The lowest BCUT2D eigenvalue weighted by molar-refractivity contribution is -0.386. The molecule has 0 saturated heterocycles. The summed E-state index contributed by atoms with van der Waals surface area (Å²) in [7, 11) is -3.96. The molecule has 0 amide bonds. The van der Waals surface area contributed by atoms with Gasteiger partial charge in [-0.25, -0.2) is 8.42 Å². The number of carbonyl (C=O) groups is 1. The molecule has 13 heteroatoms. The van der Waals surface area contributed by atoms with Crippen LogP contribution in [0.15, 0.2) is 29.2 Å². The molecule has 1 heterocycles. The first-order valence-corrected chi connectivity index (χ1v) is 11.3. The second-order valence-electron chi connectivity index (χ2n) is 7.17. The number of benzene rings is 1. The van der Waals surface area contributed by atoms with Crippen LogP contribution in [0.4, 0.5) is 18.9 Å². The van der Waals surface area contributed by atoms with Gasteiger partial charge in [0.25, 0.3) is 0 Å². The first-order valence-electron chi connectivity index (χ1n) is 9.91. The van der Waals surface area contributed by atoms with Crippen LogP contribution in [0.25, 0.3) is 0 Å². The largest absolute Gasteiger partial charge is 0.478 e. The first-order chi connectivity index (χ1) is 15.2. The van der Waals surface area contributed by atoms with Gasteiger partial charge in [-0.15, -0.1) is 0 Å². The minimum Gasteiger partial charge on any atom is -0.478 e. The van der Waals surface area contributed by atoms with Gasteiger partial charge in [0.2, 0.25) is 15.8 Å². The van der Waals surface area contributed by atoms with Crippen LogP contribution in [-0.4, -0.2) is 53.9 Å². The Morgan fingerprint density at radius 1 is 1.18 bits per heavy atom. The molecule has 2 aromatic rings. The van der Waals surface area contributed by atoms with Crippen molar-refractivity contribution in [3.05, 3.63) is 51.3 Å². The van der Waals surface area contributed by atoms with Gasteiger partial charge in [-0.3, -0.25) is 14.9 Å². The van der Waals surface area contributed by atoms with E-state index in [9.17, 15) is 36.5 Å². The molecule has 1 aromatic heterocycles. The number of nitro benzene ring substituents is 1. The quantitative estimate of drug-likeness (QED) is 0.283. The highest BCUT2D eigenvalue weighted by atomic mass is 32.2. The predicted molar refractivity (Wildman–Crippen MR) is 113 cm³/mol. The van der Waals surface area contributed by atoms with E-state index in [2.05, 4.69) is 0 Å². The molecule has 0 N–H and O–H groups in total. The molecule has 0 bridgehead atoms. The van der Waals surface area contributed by atoms with Crippen LogP contribution in [0.2, 0.25) is 0 Å². The summed E-state index contributed by atoms with van der Waals surface area (Å²) in [6, 6.07) is 4.36. The number of nitro groups is 1. The molecular formula is C20H24F3N3O6S. The van der Waals surface area contributed by atoms with Crippen LogP contribution in [0.3, 0.4) is 0 Å². The minimum absolute atomic E-state index is 0.000124. The van der Waals surface area contributed by atoms with Crippen molar-refractivity contribution in [1.29, 1.82) is 0 Å². The molecule has 9 nitrogen and oxygen atoms in total. The van der Waals surface area contributed by atoms with Crippen LogP contribution < -0.4 is 4.74 Å². The van der Waals surface area contributed by atoms with Gasteiger partial charge in [-0.2, -0.15) is 17.5 Å². The summed E-state index contributed by atoms with van der Waals surface area (Å²) in [5, 5.41) is 11.5. The monoisotopic (exact) mass is 491 g/mol. The fourth-order valence-electron chi connectivity index (χ4n) is 3.36. The number of aryl methyl sites for hydroxylation is 1. The molecule has 2 rings (SSSR count). The van der Waals surface area contributed by atoms with Crippen molar-refractivity contribution in [2.75, 3.05) is 19.7 Å². The maximum Gasteiger partial charge on any atom is 0.406 e. The van der Waals surface area contributed by atoms with Gasteiger partial charge in [0.05, 0.1) is 9.82 Å². The molecule has 33 heavy (non-hydrogen) atoms. The lowest BCUT2D eigenvalue weighted by atomic mass is 10.1. The zero-order valence-corrected chi connectivity index (χ0v) is 19.3. The van der Waals surface area contributed by atoms with Gasteiger partial charge in [-0.05, 0) is 32.0 Å². The molecule has 0 radical (unpaired) electrons. The van der Waals surface area contributed by atoms with E-state index in [0.717, 1.165) is 27.1 Å². The lowest BCUT2D eigenvalue weighted by Crippen LogP contribution is -2.30. The summed E-state index contributed by atoms with van der Waals surface area (Å²) in [5.74, 6) is -1.01. The van der Waals surface area contributed by atoms with Crippen molar-refractivity contribution in [2.45, 2.75) is 45.3 Å². The number of carbonyl (C=O) groups excluding carboxylic acids is 1. The number of aromatic nitrogens is 1. The van der Waals surface area contributed by atoms with Crippen molar-refractivity contribution in [2.24, 2.45) is 0 Å². The minimum atomic E-state index is -4.47. The number of rotatable bonds is 10. The van der Waals surface area contributed by atoms with Crippen LogP contribution in [-0.2, 0) is 16.6 Å². The van der Waals surface area contributed by atoms with Crippen LogP contribution in [0.1, 0.15) is 35.6 Å². The number of sulfonamides is 1. The molecule has 0 fully saturated rings. The number of halogens is 3. The number of hydrogen-bond acceptors (Lipinski definition) is 6. The molecule has 0 saturated carbocycles. The van der Waals surface area contributed by atoms with Crippen LogP contribution >= 0.6 is 0 Å². The van der Waals surface area contributed by atoms with E-state index < -0.39 is 45.7 Å². The Balaban J connectivity index is 2.29. The smallest absolute Gasteiger partial charge is 0.406 e. The number of ether oxygens (including phenoxy) is 1. The summed E-state index contributed by atoms with van der Waals surface area (Å²) >= 11 is 0. The highest BCUT2D eigenvalue weighted by Crippen LogP contribution is 2.31. The topological polar surface area (TPSA) is 112 Å². The second-order valence-corrected chi connectivity index (χ2v) is 9.11. The molecule has 0 atom stereocenters. The molecular weight excluding hydrogens is 467 g/mol. The zero-order valence-electron chi connectivity index (χ0n) is 18.5. The molecule has 0 unspecified atom stereocenters.